The van der Waals surface area contributed by atoms with Crippen LogP contribution in [0.5, 0.6) is 5.75 Å². The lowest BCUT2D eigenvalue weighted by Crippen LogP contribution is -2.31. The number of nitrogens with one attached hydrogen (secondary N) is 1. The summed E-state index contributed by atoms with van der Waals surface area (Å²) in [7, 11) is 1.64. The van der Waals surface area contributed by atoms with E-state index in [9.17, 15) is 5.26 Å². The van der Waals surface area contributed by atoms with Crippen molar-refractivity contribution in [1.82, 2.24) is 4.90 Å². The Morgan fingerprint density at radius 2 is 2.26 bits per heavy atom. The summed E-state index contributed by atoms with van der Waals surface area (Å²) in [5.41, 5.74) is 1.46. The lowest BCUT2D eigenvalue weighted by atomic mass is 10.1. The summed E-state index contributed by atoms with van der Waals surface area (Å²) in [6, 6.07) is 8.72. The number of benzene rings is 1. The first-order valence-electron chi connectivity index (χ1n) is 6.73. The highest BCUT2D eigenvalue weighted by molar-refractivity contribution is 5.66. The third-order valence-electron chi connectivity index (χ3n) is 3.67. The van der Waals surface area contributed by atoms with E-state index in [0.717, 1.165) is 30.9 Å². The Hall–Kier alpha value is -1.73. The van der Waals surface area contributed by atoms with Crippen molar-refractivity contribution < 1.29 is 4.74 Å². The van der Waals surface area contributed by atoms with Crippen molar-refractivity contribution in [3.63, 3.8) is 0 Å². The third kappa shape index (κ3) is 2.99. The number of ether oxygens (including phenoxy) is 1. The molecule has 1 heterocycles. The zero-order valence-electron chi connectivity index (χ0n) is 11.8. The summed E-state index contributed by atoms with van der Waals surface area (Å²) >= 11 is 0. The average molecular weight is 259 g/mol. The maximum atomic E-state index is 9.20. The molecule has 4 nitrogen and oxygen atoms in total. The van der Waals surface area contributed by atoms with Gasteiger partial charge >= 0.3 is 0 Å². The first-order chi connectivity index (χ1) is 9.15. The molecule has 2 rings (SSSR count). The third-order valence-corrected chi connectivity index (χ3v) is 3.67. The quantitative estimate of drug-likeness (QED) is 0.902. The highest BCUT2D eigenvalue weighted by Gasteiger charge is 2.25. The Morgan fingerprint density at radius 1 is 1.47 bits per heavy atom. The SMILES string of the molecule is COc1cccc(C#N)c1NC1CCN(C(C)C)C1. The van der Waals surface area contributed by atoms with Gasteiger partial charge < -0.3 is 10.1 Å². The fraction of sp³-hybridized carbons (Fsp3) is 0.533. The molecule has 1 aliphatic rings. The monoisotopic (exact) mass is 259 g/mol. The minimum absolute atomic E-state index is 0.380. The number of methoxy groups -OCH3 is 1. The van der Waals surface area contributed by atoms with E-state index in [4.69, 9.17) is 4.74 Å². The Balaban J connectivity index is 2.14. The lowest BCUT2D eigenvalue weighted by molar-refractivity contribution is 0.274. The van der Waals surface area contributed by atoms with Gasteiger partial charge in [-0.25, -0.2) is 0 Å². The molecule has 1 saturated heterocycles. The Morgan fingerprint density at radius 3 is 2.84 bits per heavy atom. The zero-order chi connectivity index (χ0) is 13.8. The van der Waals surface area contributed by atoms with E-state index in [1.807, 2.05) is 18.2 Å². The number of rotatable bonds is 4. The summed E-state index contributed by atoms with van der Waals surface area (Å²) in [6.07, 6.45) is 1.10. The highest BCUT2D eigenvalue weighted by atomic mass is 16.5. The first-order valence-corrected chi connectivity index (χ1v) is 6.73. The van der Waals surface area contributed by atoms with Crippen LogP contribution in [0.4, 0.5) is 5.69 Å². The number of para-hydroxylation sites is 1. The molecule has 1 fully saturated rings. The Kier molecular flexibility index (Phi) is 4.28. The Bertz CT molecular complexity index is 479. The number of anilines is 1. The van der Waals surface area contributed by atoms with Gasteiger partial charge in [-0.3, -0.25) is 4.90 Å². The summed E-state index contributed by atoms with van der Waals surface area (Å²) in [6.45, 7) is 6.55. The van der Waals surface area contributed by atoms with Gasteiger partial charge in [0.1, 0.15) is 11.8 Å². The van der Waals surface area contributed by atoms with Crippen LogP contribution >= 0.6 is 0 Å². The van der Waals surface area contributed by atoms with E-state index >= 15 is 0 Å². The van der Waals surface area contributed by atoms with Gasteiger partial charge in [0.05, 0.1) is 18.4 Å². The van der Waals surface area contributed by atoms with E-state index in [-0.39, 0.29) is 0 Å². The molecular weight excluding hydrogens is 238 g/mol. The molecule has 0 bridgehead atoms. The lowest BCUT2D eigenvalue weighted by Gasteiger charge is -2.21. The van der Waals surface area contributed by atoms with Crippen LogP contribution in [0.25, 0.3) is 0 Å². The zero-order valence-corrected chi connectivity index (χ0v) is 11.8. The first kappa shape index (κ1) is 13.7. The maximum Gasteiger partial charge on any atom is 0.143 e. The predicted molar refractivity (Wildman–Crippen MR) is 76.4 cm³/mol. The molecule has 0 aromatic heterocycles. The van der Waals surface area contributed by atoms with Gasteiger partial charge in [0, 0.05) is 25.2 Å². The molecule has 4 heteroatoms. The maximum absolute atomic E-state index is 9.20. The summed E-state index contributed by atoms with van der Waals surface area (Å²) in [4.78, 5) is 2.44. The molecular formula is C15H21N3O. The van der Waals surface area contributed by atoms with Crippen LogP contribution in [-0.2, 0) is 0 Å². The van der Waals surface area contributed by atoms with Crippen molar-refractivity contribution in [2.24, 2.45) is 0 Å². The van der Waals surface area contributed by atoms with E-state index in [1.165, 1.54) is 0 Å². The highest BCUT2D eigenvalue weighted by Crippen LogP contribution is 2.30. The molecule has 102 valence electrons. The van der Waals surface area contributed by atoms with Gasteiger partial charge in [-0.1, -0.05) is 6.07 Å². The molecule has 0 spiro atoms. The van der Waals surface area contributed by atoms with Crippen LogP contribution in [-0.4, -0.2) is 37.2 Å². The fourth-order valence-corrected chi connectivity index (χ4v) is 2.52. The van der Waals surface area contributed by atoms with Crippen molar-refractivity contribution in [3.8, 4) is 11.8 Å². The molecule has 1 unspecified atom stereocenters. The van der Waals surface area contributed by atoms with Gasteiger partial charge in [0.15, 0.2) is 0 Å². The van der Waals surface area contributed by atoms with Gasteiger partial charge in [-0.05, 0) is 32.4 Å². The fourth-order valence-electron chi connectivity index (χ4n) is 2.52. The smallest absolute Gasteiger partial charge is 0.143 e. The second kappa shape index (κ2) is 5.94. The molecule has 0 amide bonds. The van der Waals surface area contributed by atoms with Crippen molar-refractivity contribution in [1.29, 1.82) is 5.26 Å². The van der Waals surface area contributed by atoms with Gasteiger partial charge in [0.25, 0.3) is 0 Å². The molecule has 19 heavy (non-hydrogen) atoms. The molecule has 1 aliphatic heterocycles. The van der Waals surface area contributed by atoms with Gasteiger partial charge in [-0.2, -0.15) is 5.26 Å². The number of likely N-dealkylation sites (tertiary alicyclic amines) is 1. The van der Waals surface area contributed by atoms with Crippen molar-refractivity contribution in [3.05, 3.63) is 23.8 Å². The van der Waals surface area contributed by atoms with E-state index < -0.39 is 0 Å². The van der Waals surface area contributed by atoms with Crippen LogP contribution in [0.15, 0.2) is 18.2 Å². The van der Waals surface area contributed by atoms with Gasteiger partial charge in [-0.15, -0.1) is 0 Å². The van der Waals surface area contributed by atoms with Crippen LogP contribution in [0.2, 0.25) is 0 Å². The number of nitrogens with zero attached hydrogens (tertiary/aromatic N) is 2. The van der Waals surface area contributed by atoms with Crippen LogP contribution < -0.4 is 10.1 Å². The molecule has 1 N–H and O–H groups in total. The molecule has 1 aromatic rings. The second-order valence-electron chi connectivity index (χ2n) is 5.21. The topological polar surface area (TPSA) is 48.3 Å². The average Bonchev–Trinajstić information content (AvgIpc) is 2.87. The van der Waals surface area contributed by atoms with E-state index in [1.54, 1.807) is 7.11 Å². The molecule has 0 aliphatic carbocycles. The molecule has 0 saturated carbocycles. The molecule has 1 atom stereocenters. The minimum Gasteiger partial charge on any atom is -0.495 e. The normalized spacial score (nSPS) is 19.4. The van der Waals surface area contributed by atoms with Crippen LogP contribution in [0, 0.1) is 11.3 Å². The summed E-state index contributed by atoms with van der Waals surface area (Å²) in [5, 5.41) is 12.7. The predicted octanol–water partition coefficient (Wildman–Crippen LogP) is 2.46. The summed E-state index contributed by atoms with van der Waals surface area (Å²) < 4.78 is 5.35. The number of hydrogen-bond donors (Lipinski definition) is 1. The number of nitriles is 1. The molecule has 1 aromatic carbocycles. The van der Waals surface area contributed by atoms with E-state index in [2.05, 4.69) is 30.1 Å². The van der Waals surface area contributed by atoms with Crippen LogP contribution in [0.3, 0.4) is 0 Å². The second-order valence-corrected chi connectivity index (χ2v) is 5.21. The van der Waals surface area contributed by atoms with Crippen molar-refractivity contribution in [2.75, 3.05) is 25.5 Å². The van der Waals surface area contributed by atoms with Crippen molar-refractivity contribution >= 4 is 5.69 Å². The molecule has 0 radical (unpaired) electrons. The van der Waals surface area contributed by atoms with Crippen LogP contribution in [0.1, 0.15) is 25.8 Å². The summed E-state index contributed by atoms with van der Waals surface area (Å²) in [5.74, 6) is 0.738. The van der Waals surface area contributed by atoms with E-state index in [0.29, 0.717) is 17.6 Å². The Labute approximate surface area is 115 Å². The minimum atomic E-state index is 0.380. The van der Waals surface area contributed by atoms with Gasteiger partial charge in [0.2, 0.25) is 0 Å². The largest absolute Gasteiger partial charge is 0.495 e. The standard InChI is InChI=1S/C15H21N3O/c1-11(2)18-8-7-13(10-18)17-15-12(9-16)5-4-6-14(15)19-3/h4-6,11,13,17H,7-8,10H2,1-3H3. The number of hydrogen-bond acceptors (Lipinski definition) is 4. The van der Waals surface area contributed by atoms with Crippen molar-refractivity contribution in [2.45, 2.75) is 32.4 Å².